The molecule has 18 heavy (non-hydrogen) atoms. The molecule has 0 amide bonds. The van der Waals surface area contributed by atoms with Crippen molar-refractivity contribution in [3.8, 4) is 0 Å². The van der Waals surface area contributed by atoms with E-state index >= 15 is 0 Å². The number of benzene rings is 2. The fourth-order valence-corrected chi connectivity index (χ4v) is 1.90. The zero-order valence-electron chi connectivity index (χ0n) is 9.73. The second-order valence-electron chi connectivity index (χ2n) is 3.86. The van der Waals surface area contributed by atoms with Crippen LogP contribution in [0.15, 0.2) is 42.5 Å². The number of aldehydes is 1. The third-order valence-electron chi connectivity index (χ3n) is 2.68. The van der Waals surface area contributed by atoms with Gasteiger partial charge in [0, 0.05) is 23.3 Å². The number of hydrogen-bond donors (Lipinski definition) is 0. The molecule has 0 atom stereocenters. The maximum Gasteiger partial charge on any atom is 0.152 e. The van der Waals surface area contributed by atoms with Crippen molar-refractivity contribution in [3.63, 3.8) is 0 Å². The molecule has 4 heteroatoms. The highest BCUT2D eigenvalue weighted by Crippen LogP contribution is 2.29. The first-order valence-corrected chi connectivity index (χ1v) is 5.73. The second kappa shape index (κ2) is 5.19. The van der Waals surface area contributed by atoms with E-state index in [1.165, 1.54) is 12.1 Å². The quantitative estimate of drug-likeness (QED) is 0.779. The van der Waals surface area contributed by atoms with Crippen LogP contribution in [0.1, 0.15) is 10.4 Å². The molecule has 0 N–H and O–H groups in total. The van der Waals surface area contributed by atoms with Crippen LogP contribution in [0.3, 0.4) is 0 Å². The molecule has 0 fully saturated rings. The third kappa shape index (κ3) is 2.51. The fraction of sp³-hybridized carbons (Fsp3) is 0.0714. The Morgan fingerprint density at radius 3 is 2.67 bits per heavy atom. The lowest BCUT2D eigenvalue weighted by Crippen LogP contribution is -2.11. The van der Waals surface area contributed by atoms with E-state index in [1.807, 2.05) is 0 Å². The predicted octanol–water partition coefficient (Wildman–Crippen LogP) is 4.06. The molecule has 0 saturated heterocycles. The third-order valence-corrected chi connectivity index (χ3v) is 2.91. The minimum atomic E-state index is -0.325. The van der Waals surface area contributed by atoms with Crippen LogP contribution in [0.25, 0.3) is 0 Å². The summed E-state index contributed by atoms with van der Waals surface area (Å²) in [4.78, 5) is 12.7. The highest BCUT2D eigenvalue weighted by molar-refractivity contribution is 6.31. The molecule has 2 aromatic rings. The van der Waals surface area contributed by atoms with Gasteiger partial charge in [0.1, 0.15) is 5.82 Å². The lowest BCUT2D eigenvalue weighted by molar-refractivity contribution is 0.112. The average Bonchev–Trinajstić information content (AvgIpc) is 2.38. The van der Waals surface area contributed by atoms with Crippen LogP contribution in [0.4, 0.5) is 15.8 Å². The van der Waals surface area contributed by atoms with Crippen molar-refractivity contribution in [1.29, 1.82) is 0 Å². The molecule has 0 aliphatic heterocycles. The number of carbonyl (C=O) groups excluding carboxylic acids is 1. The van der Waals surface area contributed by atoms with Gasteiger partial charge in [-0.15, -0.1) is 0 Å². The number of nitrogens with zero attached hydrogens (tertiary/aromatic N) is 1. The minimum Gasteiger partial charge on any atom is -0.344 e. The highest BCUT2D eigenvalue weighted by atomic mass is 35.5. The monoisotopic (exact) mass is 263 g/mol. The molecule has 0 aromatic heterocycles. The summed E-state index contributed by atoms with van der Waals surface area (Å²) in [6, 6.07) is 11.1. The molecule has 0 bridgehead atoms. The van der Waals surface area contributed by atoms with Crippen LogP contribution in [-0.2, 0) is 0 Å². The van der Waals surface area contributed by atoms with Crippen molar-refractivity contribution in [3.05, 3.63) is 58.9 Å². The van der Waals surface area contributed by atoms with E-state index in [9.17, 15) is 9.18 Å². The Kier molecular flexibility index (Phi) is 3.63. The summed E-state index contributed by atoms with van der Waals surface area (Å²) in [7, 11) is 1.76. The van der Waals surface area contributed by atoms with E-state index in [-0.39, 0.29) is 5.82 Å². The average molecular weight is 264 g/mol. The topological polar surface area (TPSA) is 20.3 Å². The number of rotatable bonds is 3. The van der Waals surface area contributed by atoms with Gasteiger partial charge in [-0.3, -0.25) is 4.79 Å². The Balaban J connectivity index is 2.48. The molecule has 0 heterocycles. The van der Waals surface area contributed by atoms with Gasteiger partial charge in [-0.05, 0) is 36.4 Å². The van der Waals surface area contributed by atoms with E-state index in [0.717, 1.165) is 6.29 Å². The van der Waals surface area contributed by atoms with Gasteiger partial charge < -0.3 is 4.90 Å². The van der Waals surface area contributed by atoms with Crippen LogP contribution in [0.5, 0.6) is 0 Å². The Bertz CT molecular complexity index is 586. The summed E-state index contributed by atoms with van der Waals surface area (Å²) in [5.41, 5.74) is 1.80. The molecule has 0 aliphatic rings. The Labute approximate surface area is 110 Å². The number of carbonyl (C=O) groups is 1. The normalized spacial score (nSPS) is 10.2. The number of anilines is 2. The zero-order valence-corrected chi connectivity index (χ0v) is 10.5. The van der Waals surface area contributed by atoms with Gasteiger partial charge in [-0.25, -0.2) is 4.39 Å². The summed E-state index contributed by atoms with van der Waals surface area (Å²) in [5, 5.41) is 0.527. The fourth-order valence-electron chi connectivity index (χ4n) is 1.73. The molecular weight excluding hydrogens is 253 g/mol. The van der Waals surface area contributed by atoms with Crippen molar-refractivity contribution in [1.82, 2.24) is 0 Å². The van der Waals surface area contributed by atoms with Gasteiger partial charge >= 0.3 is 0 Å². The Morgan fingerprint density at radius 2 is 2.00 bits per heavy atom. The lowest BCUT2D eigenvalue weighted by Gasteiger charge is -2.21. The summed E-state index contributed by atoms with van der Waals surface area (Å²) in [6.45, 7) is 0. The number of halogens is 2. The Morgan fingerprint density at radius 1 is 1.22 bits per heavy atom. The Hall–Kier alpha value is -1.87. The molecule has 0 radical (unpaired) electrons. The van der Waals surface area contributed by atoms with E-state index in [4.69, 9.17) is 11.6 Å². The molecule has 2 rings (SSSR count). The van der Waals surface area contributed by atoms with E-state index in [1.54, 1.807) is 42.3 Å². The van der Waals surface area contributed by atoms with Gasteiger partial charge in [0.15, 0.2) is 6.29 Å². The first kappa shape index (κ1) is 12.6. The molecule has 2 nitrogen and oxygen atoms in total. The van der Waals surface area contributed by atoms with Crippen molar-refractivity contribution in [2.45, 2.75) is 0 Å². The van der Waals surface area contributed by atoms with E-state index < -0.39 is 0 Å². The maximum atomic E-state index is 13.2. The van der Waals surface area contributed by atoms with Crippen molar-refractivity contribution in [2.75, 3.05) is 11.9 Å². The molecule has 0 unspecified atom stereocenters. The SMILES string of the molecule is CN(c1cccc(F)c1)c1cc(Cl)ccc1C=O. The van der Waals surface area contributed by atoms with Gasteiger partial charge in [-0.2, -0.15) is 0 Å². The van der Waals surface area contributed by atoms with Crippen molar-refractivity contribution in [2.24, 2.45) is 0 Å². The largest absolute Gasteiger partial charge is 0.344 e. The van der Waals surface area contributed by atoms with Gasteiger partial charge in [-0.1, -0.05) is 17.7 Å². The van der Waals surface area contributed by atoms with Gasteiger partial charge in [0.25, 0.3) is 0 Å². The molecular formula is C14H11ClFNO. The van der Waals surface area contributed by atoms with Crippen LogP contribution in [0.2, 0.25) is 5.02 Å². The molecule has 92 valence electrons. The maximum absolute atomic E-state index is 13.2. The smallest absolute Gasteiger partial charge is 0.152 e. The number of hydrogen-bond acceptors (Lipinski definition) is 2. The van der Waals surface area contributed by atoms with E-state index in [2.05, 4.69) is 0 Å². The zero-order chi connectivity index (χ0) is 13.1. The first-order chi connectivity index (χ1) is 8.61. The van der Waals surface area contributed by atoms with Crippen LogP contribution < -0.4 is 4.90 Å². The van der Waals surface area contributed by atoms with E-state index in [0.29, 0.717) is 22.0 Å². The van der Waals surface area contributed by atoms with Crippen LogP contribution in [0, 0.1) is 5.82 Å². The summed E-state index contributed by atoms with van der Waals surface area (Å²) in [5.74, 6) is -0.325. The first-order valence-electron chi connectivity index (χ1n) is 5.36. The molecule has 0 spiro atoms. The molecule has 0 aliphatic carbocycles. The standard InChI is InChI=1S/C14H11ClFNO/c1-17(13-4-2-3-12(16)8-13)14-7-11(15)6-5-10(14)9-18/h2-9H,1H3. The molecule has 0 saturated carbocycles. The second-order valence-corrected chi connectivity index (χ2v) is 4.30. The van der Waals surface area contributed by atoms with Crippen LogP contribution in [-0.4, -0.2) is 13.3 Å². The lowest BCUT2D eigenvalue weighted by atomic mass is 10.1. The summed E-state index contributed by atoms with van der Waals surface area (Å²) < 4.78 is 13.2. The van der Waals surface area contributed by atoms with Gasteiger partial charge in [0.2, 0.25) is 0 Å². The predicted molar refractivity (Wildman–Crippen MR) is 71.3 cm³/mol. The molecule has 2 aromatic carbocycles. The van der Waals surface area contributed by atoms with Crippen molar-refractivity contribution >= 4 is 29.3 Å². The van der Waals surface area contributed by atoms with Gasteiger partial charge in [0.05, 0.1) is 5.69 Å². The van der Waals surface area contributed by atoms with Crippen LogP contribution >= 0.6 is 11.6 Å². The van der Waals surface area contributed by atoms with Crippen molar-refractivity contribution < 1.29 is 9.18 Å². The summed E-state index contributed by atoms with van der Waals surface area (Å²) in [6.07, 6.45) is 0.751. The highest BCUT2D eigenvalue weighted by Gasteiger charge is 2.10. The minimum absolute atomic E-state index is 0.325. The summed E-state index contributed by atoms with van der Waals surface area (Å²) >= 11 is 5.92.